The van der Waals surface area contributed by atoms with Crippen LogP contribution in [0.15, 0.2) is 0 Å². The van der Waals surface area contributed by atoms with Gasteiger partial charge in [-0.1, -0.05) is 116 Å². The second kappa shape index (κ2) is 19.7. The van der Waals surface area contributed by atoms with Crippen molar-refractivity contribution in [3.05, 3.63) is 0 Å². The van der Waals surface area contributed by atoms with Crippen LogP contribution in [0.25, 0.3) is 0 Å². The third kappa shape index (κ3) is 21.1. The third-order valence-corrected chi connectivity index (χ3v) is 6.76. The first-order valence-corrected chi connectivity index (χ1v) is 14.4. The van der Waals surface area contributed by atoms with Crippen molar-refractivity contribution in [2.75, 3.05) is 13.2 Å². The van der Waals surface area contributed by atoms with E-state index in [1.165, 1.54) is 89.9 Å². The van der Waals surface area contributed by atoms with E-state index in [0.717, 1.165) is 12.8 Å². The average molecular weight is 410 g/mol. The van der Waals surface area contributed by atoms with Gasteiger partial charge in [-0.3, -0.25) is 0 Å². The van der Waals surface area contributed by atoms with Gasteiger partial charge in [0.1, 0.15) is 0 Å². The fourth-order valence-electron chi connectivity index (χ4n) is 2.86. The van der Waals surface area contributed by atoms with E-state index in [0.29, 0.717) is 13.2 Å². The summed E-state index contributed by atoms with van der Waals surface area (Å²) in [7, 11) is 0. The molecule has 5 heteroatoms. The number of hydrogen-bond acceptors (Lipinski definition) is 4. The standard InChI is InChI=1S/C20H43O2PS2/c1-3-5-7-9-11-13-15-17-19-21-23(24,25)22-20-18-16-14-12-10-8-6-4-2/h3-20H2,1-2H3,(H,24,25)/p-1. The van der Waals surface area contributed by atoms with Gasteiger partial charge < -0.3 is 21.3 Å². The molecular formula is C20H42O2PS2-. The zero-order chi connectivity index (χ0) is 18.6. The minimum Gasteiger partial charge on any atom is -0.691 e. The monoisotopic (exact) mass is 409 g/mol. The molecule has 0 atom stereocenters. The van der Waals surface area contributed by atoms with Crippen molar-refractivity contribution >= 4 is 29.7 Å². The largest absolute Gasteiger partial charge is 0.691 e. The summed E-state index contributed by atoms with van der Waals surface area (Å²) in [6.07, 6.45) is 20.7. The van der Waals surface area contributed by atoms with Crippen molar-refractivity contribution in [1.82, 2.24) is 0 Å². The van der Waals surface area contributed by atoms with Crippen LogP contribution in [0.3, 0.4) is 0 Å². The highest BCUT2D eigenvalue weighted by atomic mass is 32.9. The Balaban J connectivity index is 3.34. The number of hydrogen-bond donors (Lipinski definition) is 0. The van der Waals surface area contributed by atoms with Crippen LogP contribution in [0, 0.1) is 0 Å². The summed E-state index contributed by atoms with van der Waals surface area (Å²) in [5.41, 5.74) is -2.42. The van der Waals surface area contributed by atoms with Crippen LogP contribution in [0.5, 0.6) is 0 Å². The van der Waals surface area contributed by atoms with Gasteiger partial charge in [0.25, 0.3) is 0 Å². The lowest BCUT2D eigenvalue weighted by molar-refractivity contribution is 0.249. The Labute approximate surface area is 168 Å². The molecule has 0 spiro atoms. The maximum absolute atomic E-state index is 5.67. The summed E-state index contributed by atoms with van der Waals surface area (Å²) < 4.78 is 11.3. The van der Waals surface area contributed by atoms with Crippen LogP contribution < -0.4 is 0 Å². The second-order valence-corrected chi connectivity index (χ2v) is 12.1. The average Bonchev–Trinajstić information content (AvgIpc) is 2.59. The van der Waals surface area contributed by atoms with Gasteiger partial charge in [-0.15, -0.1) is 0 Å². The Hall–Kier alpha value is 0.920. The number of rotatable bonds is 20. The molecule has 0 saturated heterocycles. The second-order valence-electron chi connectivity index (χ2n) is 7.06. The van der Waals surface area contributed by atoms with E-state index in [9.17, 15) is 0 Å². The molecule has 0 aliphatic carbocycles. The van der Waals surface area contributed by atoms with E-state index >= 15 is 0 Å². The molecule has 0 heterocycles. The van der Waals surface area contributed by atoms with Crippen molar-refractivity contribution in [3.63, 3.8) is 0 Å². The molecule has 0 aromatic carbocycles. The highest BCUT2D eigenvalue weighted by molar-refractivity contribution is 8.51. The molecule has 0 radical (unpaired) electrons. The Morgan fingerprint density at radius 3 is 1.16 bits per heavy atom. The maximum atomic E-state index is 5.67. The molecule has 0 fully saturated rings. The van der Waals surface area contributed by atoms with Gasteiger partial charge >= 0.3 is 0 Å². The van der Waals surface area contributed by atoms with Gasteiger partial charge in [-0.25, -0.2) is 0 Å². The number of unbranched alkanes of at least 4 members (excludes halogenated alkanes) is 14. The lowest BCUT2D eigenvalue weighted by Crippen LogP contribution is -1.97. The van der Waals surface area contributed by atoms with Crippen molar-refractivity contribution in [2.45, 2.75) is 117 Å². The smallest absolute Gasteiger partial charge is 0.0563 e. The van der Waals surface area contributed by atoms with Gasteiger partial charge in [0.15, 0.2) is 0 Å². The molecule has 25 heavy (non-hydrogen) atoms. The van der Waals surface area contributed by atoms with E-state index in [2.05, 4.69) is 13.8 Å². The first kappa shape index (κ1) is 25.9. The quantitative estimate of drug-likeness (QED) is 0.115. The molecule has 0 saturated carbocycles. The first-order valence-electron chi connectivity index (χ1n) is 10.7. The summed E-state index contributed by atoms with van der Waals surface area (Å²) in [6.45, 7) is 5.86. The normalized spacial score (nSPS) is 12.0. The molecule has 0 amide bonds. The molecule has 0 aliphatic rings. The molecule has 0 unspecified atom stereocenters. The minimum absolute atomic E-state index is 0.674. The van der Waals surface area contributed by atoms with E-state index in [4.69, 9.17) is 33.1 Å². The van der Waals surface area contributed by atoms with Crippen molar-refractivity contribution in [1.29, 1.82) is 0 Å². The Morgan fingerprint density at radius 1 is 0.560 bits per heavy atom. The molecule has 0 aliphatic heterocycles. The zero-order valence-corrected chi connectivity index (χ0v) is 19.3. The van der Waals surface area contributed by atoms with E-state index < -0.39 is 5.69 Å². The fourth-order valence-corrected chi connectivity index (χ4v) is 4.54. The molecule has 0 rings (SSSR count). The van der Waals surface area contributed by atoms with Crippen LogP contribution in [0.1, 0.15) is 117 Å². The minimum atomic E-state index is -2.42. The summed E-state index contributed by atoms with van der Waals surface area (Å²) in [6, 6.07) is 0. The Bertz CT molecular complexity index is 288. The van der Waals surface area contributed by atoms with Gasteiger partial charge in [0.05, 0.1) is 18.9 Å². The van der Waals surface area contributed by atoms with E-state index in [-0.39, 0.29) is 0 Å². The van der Waals surface area contributed by atoms with Crippen LogP contribution >= 0.6 is 5.69 Å². The Kier molecular flexibility index (Phi) is 20.4. The summed E-state index contributed by atoms with van der Waals surface area (Å²) >= 11 is 10.6. The first-order chi connectivity index (χ1) is 12.1. The van der Waals surface area contributed by atoms with Crippen LogP contribution in [0.2, 0.25) is 0 Å². The predicted octanol–water partition coefficient (Wildman–Crippen LogP) is 8.07. The zero-order valence-electron chi connectivity index (χ0n) is 16.8. The molecule has 0 aromatic rings. The van der Waals surface area contributed by atoms with Gasteiger partial charge in [0, 0.05) is 0 Å². The third-order valence-electron chi connectivity index (χ3n) is 4.49. The van der Waals surface area contributed by atoms with Crippen molar-refractivity contribution in [3.8, 4) is 0 Å². The summed E-state index contributed by atoms with van der Waals surface area (Å²) in [4.78, 5) is 0. The van der Waals surface area contributed by atoms with Gasteiger partial charge in [-0.05, 0) is 12.8 Å². The highest BCUT2D eigenvalue weighted by Gasteiger charge is 2.02. The van der Waals surface area contributed by atoms with E-state index in [1.54, 1.807) is 0 Å². The maximum Gasteiger partial charge on any atom is 0.0563 e. The van der Waals surface area contributed by atoms with Crippen LogP contribution in [-0.4, -0.2) is 13.2 Å². The molecule has 152 valence electrons. The highest BCUT2D eigenvalue weighted by Crippen LogP contribution is 2.46. The SMILES string of the molecule is CCCCCCCCCCOP(=S)([S-])OCCCCCCCCCC. The molecule has 0 bridgehead atoms. The van der Waals surface area contributed by atoms with Crippen LogP contribution in [-0.2, 0) is 33.1 Å². The van der Waals surface area contributed by atoms with Crippen molar-refractivity contribution in [2.24, 2.45) is 0 Å². The Morgan fingerprint density at radius 2 is 0.840 bits per heavy atom. The van der Waals surface area contributed by atoms with Crippen molar-refractivity contribution < 1.29 is 9.05 Å². The molecule has 0 N–H and O–H groups in total. The molecule has 0 aromatic heterocycles. The van der Waals surface area contributed by atoms with Crippen LogP contribution in [0.4, 0.5) is 0 Å². The summed E-state index contributed by atoms with van der Waals surface area (Å²) in [5, 5.41) is 0. The van der Waals surface area contributed by atoms with E-state index in [1.807, 2.05) is 0 Å². The van der Waals surface area contributed by atoms with Gasteiger partial charge in [0.2, 0.25) is 0 Å². The fraction of sp³-hybridized carbons (Fsp3) is 1.00. The topological polar surface area (TPSA) is 18.5 Å². The molecular weight excluding hydrogens is 367 g/mol. The lowest BCUT2D eigenvalue weighted by Gasteiger charge is -2.28. The lowest BCUT2D eigenvalue weighted by atomic mass is 10.1. The summed E-state index contributed by atoms with van der Waals surface area (Å²) in [5.74, 6) is 0. The van der Waals surface area contributed by atoms with Gasteiger partial charge in [-0.2, -0.15) is 0 Å². The predicted molar refractivity (Wildman–Crippen MR) is 119 cm³/mol. The molecule has 2 nitrogen and oxygen atoms in total.